The monoisotopic (exact) mass is 328 g/mol. The van der Waals surface area contributed by atoms with E-state index in [-0.39, 0.29) is 18.3 Å². The summed E-state index contributed by atoms with van der Waals surface area (Å²) in [7, 11) is 0. The van der Waals surface area contributed by atoms with Gasteiger partial charge in [0.25, 0.3) is 5.69 Å². The number of non-ortho nitro benzene ring substituents is 1. The van der Waals surface area contributed by atoms with Gasteiger partial charge in [0, 0.05) is 30.4 Å². The third kappa shape index (κ3) is 4.36. The number of nitrogens with zero attached hydrogens (tertiary/aromatic N) is 4. The van der Waals surface area contributed by atoms with Crippen molar-refractivity contribution < 1.29 is 10.0 Å². The summed E-state index contributed by atoms with van der Waals surface area (Å²) < 4.78 is 0. The van der Waals surface area contributed by atoms with Crippen LogP contribution < -0.4 is 4.90 Å². The molecule has 0 aromatic heterocycles. The van der Waals surface area contributed by atoms with E-state index in [1.165, 1.54) is 12.1 Å². The maximum atomic E-state index is 10.6. The fourth-order valence-corrected chi connectivity index (χ4v) is 2.31. The largest absolute Gasteiger partial charge is 0.394 e. The van der Waals surface area contributed by atoms with Gasteiger partial charge < -0.3 is 10.0 Å². The minimum Gasteiger partial charge on any atom is -0.394 e. The SMILES string of the molecule is CCN(c1ccc(/N=N/c2ccc([N+](=O)[O-])cc2)cc1)C(C)CO. The van der Waals surface area contributed by atoms with Crippen molar-refractivity contribution in [2.75, 3.05) is 18.1 Å². The summed E-state index contributed by atoms with van der Waals surface area (Å²) in [6.45, 7) is 4.89. The van der Waals surface area contributed by atoms with Crippen LogP contribution >= 0.6 is 0 Å². The average molecular weight is 328 g/mol. The number of likely N-dealkylation sites (N-methyl/N-ethyl adjacent to an activating group) is 1. The Morgan fingerprint density at radius 3 is 2.00 bits per heavy atom. The van der Waals surface area contributed by atoms with Gasteiger partial charge in [-0.25, -0.2) is 0 Å². The Labute approximate surface area is 140 Å². The van der Waals surface area contributed by atoms with E-state index in [2.05, 4.69) is 15.1 Å². The van der Waals surface area contributed by atoms with Gasteiger partial charge in [-0.3, -0.25) is 10.1 Å². The van der Waals surface area contributed by atoms with Gasteiger partial charge in [0.15, 0.2) is 0 Å². The highest BCUT2D eigenvalue weighted by Gasteiger charge is 2.11. The van der Waals surface area contributed by atoms with Gasteiger partial charge in [-0.2, -0.15) is 10.2 Å². The number of aliphatic hydroxyl groups excluding tert-OH is 1. The number of aliphatic hydroxyl groups is 1. The topological polar surface area (TPSA) is 91.3 Å². The van der Waals surface area contributed by atoms with Crippen LogP contribution in [0.3, 0.4) is 0 Å². The Morgan fingerprint density at radius 2 is 1.58 bits per heavy atom. The Morgan fingerprint density at radius 1 is 1.08 bits per heavy atom. The van der Waals surface area contributed by atoms with Crippen LogP contribution in [0.15, 0.2) is 58.8 Å². The van der Waals surface area contributed by atoms with E-state index < -0.39 is 4.92 Å². The summed E-state index contributed by atoms with van der Waals surface area (Å²) in [4.78, 5) is 12.2. The van der Waals surface area contributed by atoms with Gasteiger partial charge in [0.1, 0.15) is 0 Å². The fraction of sp³-hybridized carbons (Fsp3) is 0.294. The van der Waals surface area contributed by atoms with Crippen molar-refractivity contribution in [3.63, 3.8) is 0 Å². The number of azo groups is 1. The van der Waals surface area contributed by atoms with Crippen LogP contribution in [-0.4, -0.2) is 29.2 Å². The van der Waals surface area contributed by atoms with Gasteiger partial charge in [-0.15, -0.1) is 0 Å². The molecule has 1 atom stereocenters. The Balaban J connectivity index is 2.09. The number of nitro groups is 1. The van der Waals surface area contributed by atoms with Crippen molar-refractivity contribution >= 4 is 22.7 Å². The summed E-state index contributed by atoms with van der Waals surface area (Å²) in [5, 5.41) is 28.1. The highest BCUT2D eigenvalue weighted by atomic mass is 16.6. The lowest BCUT2D eigenvalue weighted by molar-refractivity contribution is -0.384. The fourth-order valence-electron chi connectivity index (χ4n) is 2.31. The molecule has 2 rings (SSSR count). The molecule has 7 nitrogen and oxygen atoms in total. The van der Waals surface area contributed by atoms with Crippen LogP contribution in [0.5, 0.6) is 0 Å². The zero-order valence-corrected chi connectivity index (χ0v) is 13.7. The number of benzene rings is 2. The molecule has 126 valence electrons. The Bertz CT molecular complexity index is 699. The van der Waals surface area contributed by atoms with Crippen LogP contribution in [0.4, 0.5) is 22.7 Å². The molecular formula is C17H20N4O3. The molecule has 0 aliphatic heterocycles. The summed E-state index contributed by atoms with van der Waals surface area (Å²) in [6.07, 6.45) is 0. The first-order valence-corrected chi connectivity index (χ1v) is 7.69. The molecule has 0 saturated carbocycles. The molecule has 0 bridgehead atoms. The molecule has 2 aromatic carbocycles. The molecule has 24 heavy (non-hydrogen) atoms. The van der Waals surface area contributed by atoms with E-state index in [1.807, 2.05) is 38.1 Å². The van der Waals surface area contributed by atoms with Crippen LogP contribution in [-0.2, 0) is 0 Å². The summed E-state index contributed by atoms with van der Waals surface area (Å²) in [5.74, 6) is 0. The van der Waals surface area contributed by atoms with Crippen LogP contribution in [0, 0.1) is 10.1 Å². The van der Waals surface area contributed by atoms with Gasteiger partial charge in [-0.1, -0.05) is 0 Å². The number of nitro benzene ring substituents is 1. The van der Waals surface area contributed by atoms with Gasteiger partial charge in [-0.05, 0) is 50.2 Å². The molecule has 1 unspecified atom stereocenters. The minimum atomic E-state index is -0.452. The smallest absolute Gasteiger partial charge is 0.269 e. The lowest BCUT2D eigenvalue weighted by atomic mass is 10.2. The molecule has 2 aromatic rings. The minimum absolute atomic E-state index is 0.0240. The second-order valence-corrected chi connectivity index (χ2v) is 5.31. The lowest BCUT2D eigenvalue weighted by Gasteiger charge is -2.28. The van der Waals surface area contributed by atoms with Crippen molar-refractivity contribution in [3.05, 3.63) is 58.6 Å². The zero-order chi connectivity index (χ0) is 17.5. The second-order valence-electron chi connectivity index (χ2n) is 5.31. The normalized spacial score (nSPS) is 12.3. The first-order valence-electron chi connectivity index (χ1n) is 7.69. The van der Waals surface area contributed by atoms with Crippen molar-refractivity contribution in [1.82, 2.24) is 0 Å². The number of hydrogen-bond acceptors (Lipinski definition) is 6. The van der Waals surface area contributed by atoms with E-state index in [0.717, 1.165) is 12.2 Å². The first kappa shape index (κ1) is 17.6. The number of rotatable bonds is 7. The highest BCUT2D eigenvalue weighted by molar-refractivity contribution is 5.53. The van der Waals surface area contributed by atoms with Gasteiger partial charge in [0.05, 0.1) is 22.9 Å². The van der Waals surface area contributed by atoms with Crippen molar-refractivity contribution in [2.45, 2.75) is 19.9 Å². The molecule has 0 aliphatic carbocycles. The predicted molar refractivity (Wildman–Crippen MR) is 93.3 cm³/mol. The zero-order valence-electron chi connectivity index (χ0n) is 13.7. The first-order chi connectivity index (χ1) is 11.5. The van der Waals surface area contributed by atoms with E-state index >= 15 is 0 Å². The lowest BCUT2D eigenvalue weighted by Crippen LogP contribution is -2.35. The maximum absolute atomic E-state index is 10.6. The molecule has 0 amide bonds. The molecule has 7 heteroatoms. The van der Waals surface area contributed by atoms with Gasteiger partial charge in [0.2, 0.25) is 0 Å². The van der Waals surface area contributed by atoms with E-state index in [9.17, 15) is 15.2 Å². The summed E-state index contributed by atoms with van der Waals surface area (Å²) in [5.41, 5.74) is 2.27. The molecule has 0 fully saturated rings. The van der Waals surface area contributed by atoms with E-state index in [1.54, 1.807) is 12.1 Å². The highest BCUT2D eigenvalue weighted by Crippen LogP contribution is 2.24. The molecule has 0 saturated heterocycles. The second kappa shape index (κ2) is 8.16. The van der Waals surface area contributed by atoms with E-state index in [4.69, 9.17) is 0 Å². The van der Waals surface area contributed by atoms with Crippen molar-refractivity contribution in [2.24, 2.45) is 10.2 Å². The molecule has 0 spiro atoms. The predicted octanol–water partition coefficient (Wildman–Crippen LogP) is 4.22. The summed E-state index contributed by atoms with van der Waals surface area (Å²) >= 11 is 0. The van der Waals surface area contributed by atoms with Crippen LogP contribution in [0.1, 0.15) is 13.8 Å². The molecule has 1 N–H and O–H groups in total. The summed E-state index contributed by atoms with van der Waals surface area (Å²) in [6, 6.07) is 13.5. The quantitative estimate of drug-likeness (QED) is 0.468. The Hall–Kier alpha value is -2.80. The van der Waals surface area contributed by atoms with Crippen LogP contribution in [0.2, 0.25) is 0 Å². The van der Waals surface area contributed by atoms with Crippen molar-refractivity contribution in [1.29, 1.82) is 0 Å². The van der Waals surface area contributed by atoms with Crippen molar-refractivity contribution in [3.8, 4) is 0 Å². The number of hydrogen-bond donors (Lipinski definition) is 1. The Kier molecular flexibility index (Phi) is 5.97. The standard InChI is InChI=1S/C17H20N4O3/c1-3-20(13(2)12-22)16-8-4-14(5-9-16)18-19-15-6-10-17(11-7-15)21(23)24/h4-11,13,22H,3,12H2,1-2H3/b19-18+. The maximum Gasteiger partial charge on any atom is 0.269 e. The third-order valence-electron chi connectivity index (χ3n) is 3.66. The van der Waals surface area contributed by atoms with E-state index in [0.29, 0.717) is 11.4 Å². The molecule has 0 radical (unpaired) electrons. The third-order valence-corrected chi connectivity index (χ3v) is 3.66. The van der Waals surface area contributed by atoms with Gasteiger partial charge >= 0.3 is 0 Å². The van der Waals surface area contributed by atoms with Crippen LogP contribution in [0.25, 0.3) is 0 Å². The molecular weight excluding hydrogens is 308 g/mol. The molecule has 0 aliphatic rings. The number of anilines is 1. The molecule has 0 heterocycles. The average Bonchev–Trinajstić information content (AvgIpc) is 2.61.